The van der Waals surface area contributed by atoms with Crippen LogP contribution >= 0.6 is 0 Å². The molecule has 0 saturated carbocycles. The van der Waals surface area contributed by atoms with Gasteiger partial charge < -0.3 is 15.3 Å². The molecule has 0 saturated heterocycles. The first kappa shape index (κ1) is 18.0. The molecule has 0 bridgehead atoms. The fraction of sp³-hybridized carbons (Fsp3) is 0.429. The Morgan fingerprint density at radius 1 is 1.32 bits per heavy atom. The van der Waals surface area contributed by atoms with Gasteiger partial charge in [-0.2, -0.15) is 8.42 Å². The zero-order valence-electron chi connectivity index (χ0n) is 13.3. The van der Waals surface area contributed by atoms with Crippen molar-refractivity contribution in [3.63, 3.8) is 0 Å². The molecule has 0 aliphatic heterocycles. The van der Waals surface area contributed by atoms with E-state index >= 15 is 0 Å². The lowest BCUT2D eigenvalue weighted by Gasteiger charge is -2.19. The second kappa shape index (κ2) is 6.35. The maximum atomic E-state index is 12.3. The van der Waals surface area contributed by atoms with Gasteiger partial charge in [0.05, 0.1) is 5.69 Å². The highest BCUT2D eigenvalue weighted by molar-refractivity contribution is 7.90. The average Bonchev–Trinajstić information content (AvgIpc) is 2.35. The maximum absolute atomic E-state index is 12.3. The number of phenols is 1. The largest absolute Gasteiger partial charge is 0.506 e. The highest BCUT2D eigenvalue weighted by Crippen LogP contribution is 2.32. The van der Waals surface area contributed by atoms with Gasteiger partial charge in [0.1, 0.15) is 12.1 Å². The summed E-state index contributed by atoms with van der Waals surface area (Å²) in [6.45, 7) is 5.09. The molecule has 1 aromatic carbocycles. The Bertz CT molecular complexity index is 689. The van der Waals surface area contributed by atoms with Crippen LogP contribution in [-0.4, -0.2) is 44.8 Å². The van der Waals surface area contributed by atoms with E-state index < -0.39 is 26.1 Å². The summed E-state index contributed by atoms with van der Waals surface area (Å²) in [5.74, 6) is -0.839. The molecule has 0 radical (unpaired) electrons. The van der Waals surface area contributed by atoms with E-state index in [0.717, 1.165) is 6.34 Å². The Balaban J connectivity index is 3.34. The third-order valence-electron chi connectivity index (χ3n) is 2.60. The molecule has 0 aliphatic rings. The molecule has 1 rings (SSSR count). The highest BCUT2D eigenvalue weighted by Gasteiger charge is 2.27. The number of benzene rings is 1. The van der Waals surface area contributed by atoms with Gasteiger partial charge in [-0.15, -0.1) is 4.40 Å². The van der Waals surface area contributed by atoms with E-state index in [1.54, 1.807) is 34.9 Å². The molecule has 1 aromatic rings. The lowest BCUT2D eigenvalue weighted by Crippen LogP contribution is -2.28. The zero-order chi connectivity index (χ0) is 17.1. The lowest BCUT2D eigenvalue weighted by molar-refractivity contribution is -0.123. The minimum absolute atomic E-state index is 0.00386. The Morgan fingerprint density at radius 2 is 1.91 bits per heavy atom. The van der Waals surface area contributed by atoms with Crippen LogP contribution in [0.4, 0.5) is 5.69 Å². The van der Waals surface area contributed by atoms with Crippen molar-refractivity contribution in [1.29, 1.82) is 0 Å². The Labute approximate surface area is 130 Å². The first-order valence-electron chi connectivity index (χ1n) is 6.55. The standard InChI is InChI=1S/C14H21N3O4S/c1-14(2,3)13(19)16-10-7-6-8-11(18)12(10)22(20,21)15-9-17(4)5/h6-9,18H,1-5H3,(H,16,19)/b15-9+. The molecule has 0 aliphatic carbocycles. The van der Waals surface area contributed by atoms with E-state index in [1.807, 2.05) is 0 Å². The summed E-state index contributed by atoms with van der Waals surface area (Å²) < 4.78 is 28.0. The summed E-state index contributed by atoms with van der Waals surface area (Å²) in [7, 11) is -0.910. The molecule has 2 N–H and O–H groups in total. The normalized spacial score (nSPS) is 12.4. The third kappa shape index (κ3) is 4.45. The van der Waals surface area contributed by atoms with Crippen LogP contribution in [0.15, 0.2) is 27.5 Å². The van der Waals surface area contributed by atoms with Crippen LogP contribution in [0.25, 0.3) is 0 Å². The van der Waals surface area contributed by atoms with Crippen LogP contribution in [0, 0.1) is 5.41 Å². The van der Waals surface area contributed by atoms with Crippen molar-refractivity contribution in [2.24, 2.45) is 9.81 Å². The van der Waals surface area contributed by atoms with Crippen LogP contribution in [0.3, 0.4) is 0 Å². The third-order valence-corrected chi connectivity index (χ3v) is 3.92. The van der Waals surface area contributed by atoms with E-state index in [-0.39, 0.29) is 11.6 Å². The quantitative estimate of drug-likeness (QED) is 0.647. The number of rotatable bonds is 4. The molecule has 0 atom stereocenters. The van der Waals surface area contributed by atoms with Crippen LogP contribution in [0.5, 0.6) is 5.75 Å². The number of hydrogen-bond acceptors (Lipinski definition) is 4. The topological polar surface area (TPSA) is 99.1 Å². The van der Waals surface area contributed by atoms with Crippen molar-refractivity contribution in [1.82, 2.24) is 4.90 Å². The van der Waals surface area contributed by atoms with Crippen molar-refractivity contribution >= 4 is 28.0 Å². The highest BCUT2D eigenvalue weighted by atomic mass is 32.2. The van der Waals surface area contributed by atoms with Gasteiger partial charge in [-0.05, 0) is 12.1 Å². The summed E-state index contributed by atoms with van der Waals surface area (Å²) in [6.07, 6.45) is 1.11. The minimum Gasteiger partial charge on any atom is -0.506 e. The monoisotopic (exact) mass is 327 g/mol. The average molecular weight is 327 g/mol. The Morgan fingerprint density at radius 3 is 2.41 bits per heavy atom. The van der Waals surface area contributed by atoms with Crippen LogP contribution in [0.2, 0.25) is 0 Å². The van der Waals surface area contributed by atoms with Gasteiger partial charge in [0.25, 0.3) is 10.0 Å². The number of carbonyl (C=O) groups is 1. The second-order valence-electron chi connectivity index (χ2n) is 6.02. The summed E-state index contributed by atoms with van der Waals surface area (Å²) in [6, 6.07) is 4.08. The smallest absolute Gasteiger partial charge is 0.289 e. The minimum atomic E-state index is -4.14. The van der Waals surface area contributed by atoms with Gasteiger partial charge in [-0.1, -0.05) is 26.8 Å². The lowest BCUT2D eigenvalue weighted by atomic mass is 9.95. The molecule has 0 unspecified atom stereocenters. The summed E-state index contributed by atoms with van der Waals surface area (Å²) >= 11 is 0. The molecular weight excluding hydrogens is 306 g/mol. The number of hydrogen-bond donors (Lipinski definition) is 2. The predicted molar refractivity (Wildman–Crippen MR) is 85.6 cm³/mol. The van der Waals surface area contributed by atoms with Crippen molar-refractivity contribution in [3.8, 4) is 5.75 Å². The summed E-state index contributed by atoms with van der Waals surface area (Å²) in [4.78, 5) is 13.1. The van der Waals surface area contributed by atoms with Gasteiger partial charge in [0.15, 0.2) is 4.90 Å². The number of phenolic OH excluding ortho intramolecular Hbond substituents is 1. The molecule has 122 valence electrons. The zero-order valence-corrected chi connectivity index (χ0v) is 14.1. The number of nitrogens with one attached hydrogen (secondary N) is 1. The van der Waals surface area contributed by atoms with Gasteiger partial charge in [-0.25, -0.2) is 0 Å². The number of nitrogens with zero attached hydrogens (tertiary/aromatic N) is 2. The number of sulfonamides is 1. The van der Waals surface area contributed by atoms with Crippen molar-refractivity contribution in [3.05, 3.63) is 18.2 Å². The van der Waals surface area contributed by atoms with Crippen LogP contribution < -0.4 is 5.32 Å². The first-order chi connectivity index (χ1) is 9.95. The summed E-state index contributed by atoms with van der Waals surface area (Å²) in [5, 5.41) is 12.4. The van der Waals surface area contributed by atoms with Gasteiger partial charge in [0.2, 0.25) is 5.91 Å². The molecule has 0 spiro atoms. The molecule has 0 heterocycles. The fourth-order valence-electron chi connectivity index (χ4n) is 1.41. The Kier molecular flexibility index (Phi) is 5.18. The molecule has 22 heavy (non-hydrogen) atoms. The predicted octanol–water partition coefficient (Wildman–Crippen LogP) is 1.66. The van der Waals surface area contributed by atoms with Crippen molar-refractivity contribution < 1.29 is 18.3 Å². The van der Waals surface area contributed by atoms with Crippen LogP contribution in [-0.2, 0) is 14.8 Å². The van der Waals surface area contributed by atoms with E-state index in [2.05, 4.69) is 9.71 Å². The van der Waals surface area contributed by atoms with Gasteiger partial charge >= 0.3 is 0 Å². The van der Waals surface area contributed by atoms with E-state index in [1.165, 1.54) is 23.1 Å². The van der Waals surface area contributed by atoms with Gasteiger partial charge in [-0.3, -0.25) is 4.79 Å². The molecule has 1 amide bonds. The number of aromatic hydroxyl groups is 1. The van der Waals surface area contributed by atoms with E-state index in [0.29, 0.717) is 0 Å². The van der Waals surface area contributed by atoms with Gasteiger partial charge in [0, 0.05) is 19.5 Å². The molecule has 0 fully saturated rings. The van der Waals surface area contributed by atoms with Crippen LogP contribution in [0.1, 0.15) is 20.8 Å². The fourth-order valence-corrected chi connectivity index (χ4v) is 2.56. The van der Waals surface area contributed by atoms with Crippen molar-refractivity contribution in [2.75, 3.05) is 19.4 Å². The molecule has 7 nitrogen and oxygen atoms in total. The number of carbonyl (C=O) groups excluding carboxylic acids is 1. The van der Waals surface area contributed by atoms with Crippen molar-refractivity contribution in [2.45, 2.75) is 25.7 Å². The summed E-state index contributed by atoms with van der Waals surface area (Å²) in [5.41, 5.74) is -0.713. The molecule has 8 heteroatoms. The second-order valence-corrected chi connectivity index (χ2v) is 7.59. The number of amides is 1. The van der Waals surface area contributed by atoms with E-state index in [9.17, 15) is 18.3 Å². The first-order valence-corrected chi connectivity index (χ1v) is 7.99. The molecular formula is C14H21N3O4S. The maximum Gasteiger partial charge on any atom is 0.289 e. The Hall–Kier alpha value is -2.09. The van der Waals surface area contributed by atoms with E-state index in [4.69, 9.17) is 0 Å². The SMILES string of the molecule is CN(C)/C=N/S(=O)(=O)c1c(O)cccc1NC(=O)C(C)(C)C. The number of anilines is 1. The molecule has 0 aromatic heterocycles.